The van der Waals surface area contributed by atoms with Crippen LogP contribution in [0.4, 0.5) is 11.4 Å². The molecule has 0 aromatic heterocycles. The number of hydrogen-bond donors (Lipinski definition) is 0. The van der Waals surface area contributed by atoms with Crippen molar-refractivity contribution in [1.29, 1.82) is 0 Å². The lowest BCUT2D eigenvalue weighted by Gasteiger charge is -2.28. The third-order valence-electron chi connectivity index (χ3n) is 5.07. The molecule has 142 valence electrons. The van der Waals surface area contributed by atoms with E-state index in [2.05, 4.69) is 82.7 Å². The van der Waals surface area contributed by atoms with Gasteiger partial charge in [0.15, 0.2) is 0 Å². The molecule has 0 saturated carbocycles. The van der Waals surface area contributed by atoms with Crippen LogP contribution < -0.4 is 25.8 Å². The third kappa shape index (κ3) is 4.60. The Balaban J connectivity index is 2.75. The molecule has 2 aromatic rings. The van der Waals surface area contributed by atoms with Crippen LogP contribution in [0.1, 0.15) is 44.2 Å². The molecule has 0 unspecified atom stereocenters. The van der Waals surface area contributed by atoms with Gasteiger partial charge < -0.3 is 4.90 Å². The average Bonchev–Trinajstić information content (AvgIpc) is 2.63. The van der Waals surface area contributed by atoms with Gasteiger partial charge in [-0.1, -0.05) is 75.4 Å². The summed E-state index contributed by atoms with van der Waals surface area (Å²) in [6.45, 7) is 22.2. The van der Waals surface area contributed by atoms with Crippen molar-refractivity contribution in [3.63, 3.8) is 0 Å². The van der Waals surface area contributed by atoms with Crippen LogP contribution >= 0.6 is 0 Å². The van der Waals surface area contributed by atoms with Crippen LogP contribution in [0, 0.1) is 13.8 Å². The summed E-state index contributed by atoms with van der Waals surface area (Å²) in [6.07, 6.45) is 9.55. The smallest absolute Gasteiger partial charge is 0.0490 e. The Morgan fingerprint density at radius 1 is 1.00 bits per heavy atom. The molecule has 1 nitrogen and oxygen atoms in total. The van der Waals surface area contributed by atoms with Crippen molar-refractivity contribution < 1.29 is 0 Å². The van der Waals surface area contributed by atoms with Gasteiger partial charge in [-0.2, -0.15) is 0 Å². The van der Waals surface area contributed by atoms with E-state index < -0.39 is 0 Å². The molecule has 2 aromatic carbocycles. The molecule has 0 aliphatic rings. The van der Waals surface area contributed by atoms with Gasteiger partial charge in [0, 0.05) is 17.9 Å². The van der Waals surface area contributed by atoms with Gasteiger partial charge in [-0.3, -0.25) is 0 Å². The molecular weight excluding hydrogens is 326 g/mol. The van der Waals surface area contributed by atoms with E-state index in [1.165, 1.54) is 29.7 Å². The Kier molecular flexibility index (Phi) is 7.24. The molecule has 0 atom stereocenters. The van der Waals surface area contributed by atoms with Gasteiger partial charge in [0.1, 0.15) is 0 Å². The quantitative estimate of drug-likeness (QED) is 0.669. The summed E-state index contributed by atoms with van der Waals surface area (Å²) < 4.78 is 0. The second-order valence-electron chi connectivity index (χ2n) is 7.20. The molecule has 0 spiro atoms. The number of allylic oxidation sites excluding steroid dienone is 1. The standard InChI is InChI=1S/C26H33N/c1-8-11-12-16-27(25-15-14-19(4)17-21(25)6)26-18-20(5)24(13-9-2)23(10-3)22(26)7/h9-10,13-15,17-18H,2,5,7-8,11-12,16H2,1,3-4,6H3/b23-10-,24-13-. The van der Waals surface area contributed by atoms with E-state index in [9.17, 15) is 0 Å². The first-order valence-corrected chi connectivity index (χ1v) is 9.89. The number of anilines is 2. The van der Waals surface area contributed by atoms with Gasteiger partial charge in [0.05, 0.1) is 0 Å². The zero-order valence-electron chi connectivity index (χ0n) is 17.4. The minimum Gasteiger partial charge on any atom is -0.341 e. The van der Waals surface area contributed by atoms with Gasteiger partial charge in [-0.15, -0.1) is 0 Å². The highest BCUT2D eigenvalue weighted by molar-refractivity contribution is 5.68. The Morgan fingerprint density at radius 2 is 1.74 bits per heavy atom. The highest BCUT2D eigenvalue weighted by Gasteiger charge is 2.13. The first-order valence-electron chi connectivity index (χ1n) is 9.89. The van der Waals surface area contributed by atoms with E-state index >= 15 is 0 Å². The monoisotopic (exact) mass is 359 g/mol. The molecular formula is C26H33N. The second-order valence-corrected chi connectivity index (χ2v) is 7.20. The van der Waals surface area contributed by atoms with Crippen LogP contribution in [0.5, 0.6) is 0 Å². The fraction of sp³-hybridized carbons (Fsp3) is 0.308. The second kappa shape index (κ2) is 9.41. The number of unbranched alkanes of at least 4 members (excludes halogenated alkanes) is 2. The van der Waals surface area contributed by atoms with E-state index in [1.54, 1.807) is 0 Å². The molecule has 27 heavy (non-hydrogen) atoms. The maximum atomic E-state index is 4.44. The van der Waals surface area contributed by atoms with Crippen molar-refractivity contribution in [2.45, 2.75) is 47.0 Å². The van der Waals surface area contributed by atoms with Crippen LogP contribution in [0.2, 0.25) is 0 Å². The van der Waals surface area contributed by atoms with Crippen molar-refractivity contribution in [3.8, 4) is 0 Å². The molecule has 0 heterocycles. The number of hydrogen-bond acceptors (Lipinski definition) is 1. The Labute approximate surface area is 164 Å². The van der Waals surface area contributed by atoms with Gasteiger partial charge in [0.2, 0.25) is 0 Å². The van der Waals surface area contributed by atoms with Gasteiger partial charge in [0.25, 0.3) is 0 Å². The zero-order valence-corrected chi connectivity index (χ0v) is 17.4. The predicted octanol–water partition coefficient (Wildman–Crippen LogP) is 4.22. The Morgan fingerprint density at radius 3 is 2.33 bits per heavy atom. The highest BCUT2D eigenvalue weighted by Crippen LogP contribution is 2.26. The van der Waals surface area contributed by atoms with Crippen LogP contribution in [0.3, 0.4) is 0 Å². The number of benzene rings is 2. The van der Waals surface area contributed by atoms with Crippen LogP contribution in [0.15, 0.2) is 36.9 Å². The minimum atomic E-state index is 0.980. The van der Waals surface area contributed by atoms with Gasteiger partial charge in [-0.25, -0.2) is 0 Å². The maximum absolute atomic E-state index is 4.44. The summed E-state index contributed by atoms with van der Waals surface area (Å²) in [6, 6.07) is 8.85. The summed E-state index contributed by atoms with van der Waals surface area (Å²) in [5, 5.41) is 4.31. The number of rotatable bonds is 7. The number of nitrogens with zero attached hydrogens (tertiary/aromatic N) is 1. The van der Waals surface area contributed by atoms with Crippen LogP contribution in [-0.4, -0.2) is 6.54 Å². The normalized spacial score (nSPS) is 12.4. The topological polar surface area (TPSA) is 3.24 Å². The fourth-order valence-corrected chi connectivity index (χ4v) is 3.69. The first kappa shape index (κ1) is 20.8. The lowest BCUT2D eigenvalue weighted by molar-refractivity contribution is 0.715. The van der Waals surface area contributed by atoms with Gasteiger partial charge >= 0.3 is 0 Å². The van der Waals surface area contributed by atoms with E-state index in [0.717, 1.165) is 39.5 Å². The lowest BCUT2D eigenvalue weighted by atomic mass is 10.0. The fourth-order valence-electron chi connectivity index (χ4n) is 3.69. The van der Waals surface area contributed by atoms with E-state index in [1.807, 2.05) is 12.2 Å². The zero-order chi connectivity index (χ0) is 20.0. The SMILES string of the molecule is C=C/C=c1/c(=C)cc(N(CCCCC)c2ccc(C)cc2C)c(=C)/c1=C/C. The van der Waals surface area contributed by atoms with Crippen molar-refractivity contribution in [3.05, 3.63) is 68.9 Å². The van der Waals surface area contributed by atoms with Crippen LogP contribution in [0.25, 0.3) is 25.3 Å². The summed E-state index contributed by atoms with van der Waals surface area (Å²) in [7, 11) is 0. The molecule has 0 bridgehead atoms. The van der Waals surface area contributed by atoms with Gasteiger partial charge in [-0.05, 0) is 65.8 Å². The molecule has 0 saturated heterocycles. The molecule has 0 aliphatic carbocycles. The molecule has 0 aliphatic heterocycles. The molecule has 1 heteroatoms. The minimum absolute atomic E-state index is 0.980. The lowest BCUT2D eigenvalue weighted by Crippen LogP contribution is -2.49. The highest BCUT2D eigenvalue weighted by atomic mass is 15.1. The van der Waals surface area contributed by atoms with Crippen molar-refractivity contribution >= 4 is 36.7 Å². The molecule has 2 rings (SSSR count). The summed E-state index contributed by atoms with van der Waals surface area (Å²) in [5.74, 6) is 0. The summed E-state index contributed by atoms with van der Waals surface area (Å²) >= 11 is 0. The van der Waals surface area contributed by atoms with E-state index in [0.29, 0.717) is 0 Å². The molecule has 0 fully saturated rings. The molecule has 0 amide bonds. The molecule has 0 N–H and O–H groups in total. The number of aryl methyl sites for hydroxylation is 2. The van der Waals surface area contributed by atoms with Crippen molar-refractivity contribution in [2.24, 2.45) is 0 Å². The Hall–Kier alpha value is -2.54. The van der Waals surface area contributed by atoms with Crippen LogP contribution in [-0.2, 0) is 0 Å². The predicted molar refractivity (Wildman–Crippen MR) is 123 cm³/mol. The Bertz CT molecular complexity index is 1030. The van der Waals surface area contributed by atoms with Crippen molar-refractivity contribution in [2.75, 3.05) is 11.4 Å². The summed E-state index contributed by atoms with van der Waals surface area (Å²) in [4.78, 5) is 2.42. The largest absolute Gasteiger partial charge is 0.341 e. The first-order chi connectivity index (χ1) is 12.9. The van der Waals surface area contributed by atoms with E-state index in [4.69, 9.17) is 0 Å². The third-order valence-corrected chi connectivity index (χ3v) is 5.07. The maximum Gasteiger partial charge on any atom is 0.0490 e. The average molecular weight is 360 g/mol. The molecule has 0 radical (unpaired) electrons. The van der Waals surface area contributed by atoms with Crippen molar-refractivity contribution in [1.82, 2.24) is 0 Å². The van der Waals surface area contributed by atoms with E-state index in [-0.39, 0.29) is 0 Å². The summed E-state index contributed by atoms with van der Waals surface area (Å²) in [5.41, 5.74) is 4.98.